The van der Waals surface area contributed by atoms with Crippen molar-refractivity contribution in [2.75, 3.05) is 23.3 Å². The fraction of sp³-hybridized carbons (Fsp3) is 0.158. The van der Waals surface area contributed by atoms with Crippen LogP contribution in [0.25, 0.3) is 17.1 Å². The van der Waals surface area contributed by atoms with E-state index in [2.05, 4.69) is 27.5 Å². The average Bonchev–Trinajstić information content (AvgIpc) is 3.30. The van der Waals surface area contributed by atoms with Gasteiger partial charge in [0.1, 0.15) is 17.3 Å². The molecule has 0 unspecified atom stereocenters. The van der Waals surface area contributed by atoms with E-state index in [0.29, 0.717) is 22.9 Å². The molecule has 5 N–H and O–H groups in total. The van der Waals surface area contributed by atoms with E-state index in [1.807, 2.05) is 30.3 Å². The molecule has 0 fully saturated rings. The quantitative estimate of drug-likeness (QED) is 0.365. The maximum atomic E-state index is 6.11. The lowest BCUT2D eigenvalue weighted by atomic mass is 10.1. The van der Waals surface area contributed by atoms with Gasteiger partial charge in [-0.2, -0.15) is 9.61 Å². The van der Waals surface area contributed by atoms with Crippen molar-refractivity contribution in [1.82, 2.24) is 14.6 Å². The predicted octanol–water partition coefficient (Wildman–Crippen LogP) is 3.20. The third kappa shape index (κ3) is 3.32. The number of anilines is 3. The number of fused-ring (bicyclic) bond motifs is 1. The molecule has 7 nitrogen and oxygen atoms in total. The number of benzene rings is 1. The third-order valence-electron chi connectivity index (χ3n) is 4.16. The summed E-state index contributed by atoms with van der Waals surface area (Å²) >= 11 is 0. The Bertz CT molecular complexity index is 1000. The molecule has 3 aromatic heterocycles. The molecule has 0 spiro atoms. The molecule has 0 amide bonds. The molecule has 7 heteroatoms. The van der Waals surface area contributed by atoms with Gasteiger partial charge in [0.05, 0.1) is 6.26 Å². The summed E-state index contributed by atoms with van der Waals surface area (Å²) in [5.74, 6) is 1.94. The topological polar surface area (TPSA) is 107 Å². The minimum absolute atomic E-state index is 0.522. The van der Waals surface area contributed by atoms with E-state index < -0.39 is 0 Å². The molecule has 4 aromatic rings. The van der Waals surface area contributed by atoms with Crippen LogP contribution in [0.1, 0.15) is 12.0 Å². The fourth-order valence-electron chi connectivity index (χ4n) is 2.83. The zero-order chi connectivity index (χ0) is 17.9. The highest BCUT2D eigenvalue weighted by Crippen LogP contribution is 2.22. The SMILES string of the molecule is Nc1ccc(CCCNc2cc(N)n3nc(-c4ccco4)cc3n2)cc1. The maximum absolute atomic E-state index is 6.11. The van der Waals surface area contributed by atoms with Gasteiger partial charge in [0.2, 0.25) is 0 Å². The van der Waals surface area contributed by atoms with Gasteiger partial charge in [-0.15, -0.1) is 0 Å². The molecule has 0 saturated carbocycles. The zero-order valence-electron chi connectivity index (χ0n) is 14.2. The minimum Gasteiger partial charge on any atom is -0.463 e. The predicted molar refractivity (Wildman–Crippen MR) is 103 cm³/mol. The van der Waals surface area contributed by atoms with Crippen molar-refractivity contribution in [2.45, 2.75) is 12.8 Å². The summed E-state index contributed by atoms with van der Waals surface area (Å²) in [5.41, 5.74) is 15.3. The monoisotopic (exact) mass is 348 g/mol. The van der Waals surface area contributed by atoms with E-state index in [0.717, 1.165) is 30.9 Å². The average molecular weight is 348 g/mol. The second kappa shape index (κ2) is 6.79. The number of nitrogens with one attached hydrogen (secondary N) is 1. The first kappa shape index (κ1) is 16.0. The van der Waals surface area contributed by atoms with E-state index in [-0.39, 0.29) is 0 Å². The standard InChI is InChI=1S/C19H20N6O/c20-14-7-5-13(6-8-14)3-1-9-22-18-12-17(21)25-19(23-18)11-15(24-25)16-4-2-10-26-16/h2,4-8,10-12H,1,3,9,20-21H2,(H,22,23). The number of rotatable bonds is 6. The van der Waals surface area contributed by atoms with Crippen molar-refractivity contribution < 1.29 is 4.42 Å². The van der Waals surface area contributed by atoms with E-state index in [9.17, 15) is 0 Å². The summed E-state index contributed by atoms with van der Waals surface area (Å²) in [6.07, 6.45) is 3.57. The highest BCUT2D eigenvalue weighted by molar-refractivity contribution is 5.63. The largest absolute Gasteiger partial charge is 0.463 e. The van der Waals surface area contributed by atoms with E-state index in [4.69, 9.17) is 15.9 Å². The van der Waals surface area contributed by atoms with Gasteiger partial charge in [0.15, 0.2) is 11.4 Å². The first-order valence-electron chi connectivity index (χ1n) is 8.47. The number of nitrogen functional groups attached to an aromatic ring is 2. The molecule has 0 saturated heterocycles. The highest BCUT2D eigenvalue weighted by atomic mass is 16.3. The number of hydrogen-bond donors (Lipinski definition) is 3. The Morgan fingerprint density at radius 2 is 1.92 bits per heavy atom. The molecule has 3 heterocycles. The Labute approximate surface area is 150 Å². The van der Waals surface area contributed by atoms with Gasteiger partial charge in [-0.3, -0.25) is 0 Å². The van der Waals surface area contributed by atoms with Crippen LogP contribution in [0.5, 0.6) is 0 Å². The second-order valence-electron chi connectivity index (χ2n) is 6.12. The Morgan fingerprint density at radius 1 is 1.08 bits per heavy atom. The van der Waals surface area contributed by atoms with Crippen molar-refractivity contribution in [2.24, 2.45) is 0 Å². The van der Waals surface area contributed by atoms with Crippen LogP contribution in [-0.4, -0.2) is 21.1 Å². The molecule has 0 aliphatic rings. The van der Waals surface area contributed by atoms with Gasteiger partial charge in [-0.1, -0.05) is 12.1 Å². The molecule has 4 rings (SSSR count). The van der Waals surface area contributed by atoms with Crippen LogP contribution in [0.4, 0.5) is 17.3 Å². The molecule has 0 radical (unpaired) electrons. The normalized spacial score (nSPS) is 11.1. The first-order chi connectivity index (χ1) is 12.7. The Kier molecular flexibility index (Phi) is 4.18. The van der Waals surface area contributed by atoms with Crippen molar-refractivity contribution in [1.29, 1.82) is 0 Å². The van der Waals surface area contributed by atoms with Crippen LogP contribution >= 0.6 is 0 Å². The number of hydrogen-bond acceptors (Lipinski definition) is 6. The maximum Gasteiger partial charge on any atom is 0.160 e. The summed E-state index contributed by atoms with van der Waals surface area (Å²) in [7, 11) is 0. The molecule has 0 atom stereocenters. The Hall–Kier alpha value is -3.48. The van der Waals surface area contributed by atoms with Crippen LogP contribution in [0.3, 0.4) is 0 Å². The Balaban J connectivity index is 1.42. The molecular formula is C19H20N6O. The Morgan fingerprint density at radius 3 is 2.69 bits per heavy atom. The van der Waals surface area contributed by atoms with Crippen LogP contribution in [0.2, 0.25) is 0 Å². The second-order valence-corrected chi connectivity index (χ2v) is 6.12. The lowest BCUT2D eigenvalue weighted by Gasteiger charge is -2.07. The molecule has 1 aromatic carbocycles. The lowest BCUT2D eigenvalue weighted by molar-refractivity contribution is 0.579. The van der Waals surface area contributed by atoms with Gasteiger partial charge in [-0.05, 0) is 42.7 Å². The van der Waals surface area contributed by atoms with Crippen LogP contribution < -0.4 is 16.8 Å². The van der Waals surface area contributed by atoms with Gasteiger partial charge >= 0.3 is 0 Å². The smallest absolute Gasteiger partial charge is 0.160 e. The van der Waals surface area contributed by atoms with E-state index >= 15 is 0 Å². The van der Waals surface area contributed by atoms with Gasteiger partial charge in [0, 0.05) is 24.4 Å². The van der Waals surface area contributed by atoms with E-state index in [1.165, 1.54) is 5.56 Å². The molecule has 0 aliphatic carbocycles. The van der Waals surface area contributed by atoms with Gasteiger partial charge < -0.3 is 21.2 Å². The fourth-order valence-corrected chi connectivity index (χ4v) is 2.83. The van der Waals surface area contributed by atoms with Crippen LogP contribution in [-0.2, 0) is 6.42 Å². The van der Waals surface area contributed by atoms with Gasteiger partial charge in [0.25, 0.3) is 0 Å². The summed E-state index contributed by atoms with van der Waals surface area (Å²) in [5, 5.41) is 7.76. The third-order valence-corrected chi connectivity index (χ3v) is 4.16. The number of aryl methyl sites for hydroxylation is 1. The molecular weight excluding hydrogens is 328 g/mol. The summed E-state index contributed by atoms with van der Waals surface area (Å²) in [6, 6.07) is 15.3. The number of aromatic nitrogens is 3. The first-order valence-corrected chi connectivity index (χ1v) is 8.47. The van der Waals surface area contributed by atoms with Crippen LogP contribution in [0, 0.1) is 0 Å². The molecule has 0 aliphatic heterocycles. The van der Waals surface area contributed by atoms with Crippen molar-refractivity contribution in [3.8, 4) is 11.5 Å². The highest BCUT2D eigenvalue weighted by Gasteiger charge is 2.10. The lowest BCUT2D eigenvalue weighted by Crippen LogP contribution is -2.08. The number of nitrogens with two attached hydrogens (primary N) is 2. The summed E-state index contributed by atoms with van der Waals surface area (Å²) in [4.78, 5) is 4.57. The molecule has 0 bridgehead atoms. The van der Waals surface area contributed by atoms with E-state index in [1.54, 1.807) is 16.8 Å². The van der Waals surface area contributed by atoms with Crippen LogP contribution in [0.15, 0.2) is 59.2 Å². The van der Waals surface area contributed by atoms with Crippen molar-refractivity contribution in [3.63, 3.8) is 0 Å². The van der Waals surface area contributed by atoms with Crippen molar-refractivity contribution in [3.05, 3.63) is 60.4 Å². The minimum atomic E-state index is 0.522. The summed E-state index contributed by atoms with van der Waals surface area (Å²) in [6.45, 7) is 0.798. The molecule has 132 valence electrons. The molecule has 26 heavy (non-hydrogen) atoms. The van der Waals surface area contributed by atoms with Gasteiger partial charge in [-0.25, -0.2) is 4.98 Å². The van der Waals surface area contributed by atoms with Crippen molar-refractivity contribution >= 4 is 23.0 Å². The number of furan rings is 1. The summed E-state index contributed by atoms with van der Waals surface area (Å²) < 4.78 is 6.99. The number of nitrogens with zero attached hydrogens (tertiary/aromatic N) is 3. The zero-order valence-corrected chi connectivity index (χ0v) is 14.2.